The number of imidazole rings is 1. The molecular formula is C15H18N4O2. The lowest BCUT2D eigenvalue weighted by molar-refractivity contribution is 0.701. The first kappa shape index (κ1) is 14.8. The van der Waals surface area contributed by atoms with E-state index in [1.807, 2.05) is 18.4 Å². The summed E-state index contributed by atoms with van der Waals surface area (Å²) in [7, 11) is 0. The first-order valence-corrected chi connectivity index (χ1v) is 6.63. The van der Waals surface area contributed by atoms with Crippen molar-refractivity contribution < 1.29 is 0 Å². The molecule has 0 aliphatic heterocycles. The predicted octanol–water partition coefficient (Wildman–Crippen LogP) is -0.192. The Morgan fingerprint density at radius 2 is 2.05 bits per heavy atom. The molecule has 0 unspecified atom stereocenters. The number of H-pyrrole nitrogens is 2. The summed E-state index contributed by atoms with van der Waals surface area (Å²) in [4.78, 5) is 32.7. The maximum Gasteiger partial charge on any atom is 0.272 e. The maximum absolute atomic E-state index is 11.9. The summed E-state index contributed by atoms with van der Waals surface area (Å²) in [5.41, 5.74) is 0.823. The highest BCUT2D eigenvalue weighted by Crippen LogP contribution is 2.19. The third-order valence-corrected chi connectivity index (χ3v) is 3.09. The van der Waals surface area contributed by atoms with Gasteiger partial charge in [0, 0.05) is 12.2 Å². The highest BCUT2D eigenvalue weighted by Gasteiger charge is 2.12. The van der Waals surface area contributed by atoms with Gasteiger partial charge in [-0.25, -0.2) is 4.98 Å². The number of hydrogen-bond acceptors (Lipinski definition) is 3. The lowest BCUT2D eigenvalue weighted by Gasteiger charge is -2.09. The molecule has 21 heavy (non-hydrogen) atoms. The van der Waals surface area contributed by atoms with E-state index in [4.69, 9.17) is 0 Å². The van der Waals surface area contributed by atoms with Crippen molar-refractivity contribution in [1.82, 2.24) is 19.5 Å². The molecule has 0 radical (unpaired) electrons. The van der Waals surface area contributed by atoms with Gasteiger partial charge in [-0.3, -0.25) is 9.59 Å². The van der Waals surface area contributed by atoms with Crippen molar-refractivity contribution in [3.63, 3.8) is 0 Å². The van der Waals surface area contributed by atoms with Crippen molar-refractivity contribution in [2.24, 2.45) is 0 Å². The molecule has 0 aliphatic rings. The third-order valence-electron chi connectivity index (χ3n) is 3.09. The average Bonchev–Trinajstić information content (AvgIpc) is 2.79. The first-order chi connectivity index (χ1) is 9.93. The molecule has 0 fully saturated rings. The van der Waals surface area contributed by atoms with Gasteiger partial charge in [-0.05, 0) is 12.0 Å². The summed E-state index contributed by atoms with van der Waals surface area (Å²) in [5.74, 6) is 0.219. The van der Waals surface area contributed by atoms with E-state index in [2.05, 4.69) is 28.1 Å². The molecule has 0 saturated heterocycles. The van der Waals surface area contributed by atoms with E-state index in [-0.39, 0.29) is 16.6 Å². The molecular weight excluding hydrogens is 268 g/mol. The monoisotopic (exact) mass is 286 g/mol. The van der Waals surface area contributed by atoms with Gasteiger partial charge in [-0.2, -0.15) is 0 Å². The van der Waals surface area contributed by atoms with Gasteiger partial charge in [0.25, 0.3) is 11.1 Å². The van der Waals surface area contributed by atoms with E-state index in [0.29, 0.717) is 12.2 Å². The van der Waals surface area contributed by atoms with E-state index < -0.39 is 11.1 Å². The molecule has 110 valence electrons. The van der Waals surface area contributed by atoms with Gasteiger partial charge in [0.2, 0.25) is 0 Å². The van der Waals surface area contributed by atoms with E-state index >= 15 is 0 Å². The molecule has 0 atom stereocenters. The van der Waals surface area contributed by atoms with Gasteiger partial charge < -0.3 is 14.5 Å². The maximum atomic E-state index is 11.9. The zero-order valence-corrected chi connectivity index (χ0v) is 12.1. The summed E-state index contributed by atoms with van der Waals surface area (Å²) in [5, 5.41) is 0.205. The van der Waals surface area contributed by atoms with E-state index in [0.717, 1.165) is 5.69 Å². The Kier molecular flexibility index (Phi) is 4.07. The largest absolute Gasteiger partial charge is 0.330 e. The second kappa shape index (κ2) is 5.78. The summed E-state index contributed by atoms with van der Waals surface area (Å²) in [6.45, 7) is 11.9. The molecule has 6 heteroatoms. The number of nitrogens with zero attached hydrogens (tertiary/aromatic N) is 2. The fourth-order valence-electron chi connectivity index (χ4n) is 2.18. The quantitative estimate of drug-likeness (QED) is 0.764. The van der Waals surface area contributed by atoms with Crippen LogP contribution in [0.4, 0.5) is 0 Å². The van der Waals surface area contributed by atoms with Crippen LogP contribution in [0, 0.1) is 0 Å². The minimum Gasteiger partial charge on any atom is -0.330 e. The number of nitrogens with one attached hydrogen (secondary N) is 2. The Balaban J connectivity index is 2.69. The van der Waals surface area contributed by atoms with Crippen LogP contribution in [-0.4, -0.2) is 19.5 Å². The molecule has 2 aromatic heterocycles. The van der Waals surface area contributed by atoms with Gasteiger partial charge in [0.05, 0.1) is 17.4 Å². The number of rotatable bonds is 4. The van der Waals surface area contributed by atoms with Gasteiger partial charge in [-0.15, -0.1) is 6.58 Å². The first-order valence-electron chi connectivity index (χ1n) is 6.63. The second-order valence-corrected chi connectivity index (χ2v) is 5.06. The Bertz CT molecular complexity index is 884. The topological polar surface area (TPSA) is 83.5 Å². The van der Waals surface area contributed by atoms with Crippen molar-refractivity contribution in [2.75, 3.05) is 0 Å². The molecule has 6 nitrogen and oxygen atoms in total. The summed E-state index contributed by atoms with van der Waals surface area (Å²) in [6, 6.07) is 0. The molecule has 2 rings (SSSR count). The summed E-state index contributed by atoms with van der Waals surface area (Å²) >= 11 is 0. The average molecular weight is 286 g/mol. The SMILES string of the molecule is C=CCn1cnc(C=c2[nH]c(=O)c(=C)[nH]c2=O)c1C(C)C. The van der Waals surface area contributed by atoms with Gasteiger partial charge in [0.15, 0.2) is 0 Å². The Morgan fingerprint density at radius 3 is 2.67 bits per heavy atom. The lowest BCUT2D eigenvalue weighted by Crippen LogP contribution is -2.46. The van der Waals surface area contributed by atoms with Crippen LogP contribution in [0.5, 0.6) is 0 Å². The minimum absolute atomic E-state index is 0.0402. The van der Waals surface area contributed by atoms with E-state index in [1.165, 1.54) is 0 Å². The predicted molar refractivity (Wildman–Crippen MR) is 82.5 cm³/mol. The highest BCUT2D eigenvalue weighted by atomic mass is 16.1. The van der Waals surface area contributed by atoms with Crippen LogP contribution in [0.3, 0.4) is 0 Å². The van der Waals surface area contributed by atoms with E-state index in [9.17, 15) is 9.59 Å². The number of allylic oxidation sites excluding steroid dienone is 1. The zero-order valence-electron chi connectivity index (χ0n) is 12.1. The fourth-order valence-corrected chi connectivity index (χ4v) is 2.18. The van der Waals surface area contributed by atoms with Crippen molar-refractivity contribution in [3.8, 4) is 0 Å². The molecule has 0 aromatic carbocycles. The Morgan fingerprint density at radius 1 is 1.33 bits per heavy atom. The molecule has 2 N–H and O–H groups in total. The molecule has 2 aromatic rings. The number of aromatic nitrogens is 4. The zero-order chi connectivity index (χ0) is 15.6. The number of hydrogen-bond donors (Lipinski definition) is 2. The minimum atomic E-state index is -0.419. The van der Waals surface area contributed by atoms with Crippen molar-refractivity contribution in [3.05, 3.63) is 61.8 Å². The molecule has 0 saturated carbocycles. The summed E-state index contributed by atoms with van der Waals surface area (Å²) in [6.07, 6.45) is 5.06. The van der Waals surface area contributed by atoms with Crippen molar-refractivity contribution in [2.45, 2.75) is 26.3 Å². The molecule has 0 spiro atoms. The molecule has 2 heterocycles. The molecule has 0 amide bonds. The normalized spacial score (nSPS) is 12.0. The molecule has 0 bridgehead atoms. The Hall–Kier alpha value is -2.63. The second-order valence-electron chi connectivity index (χ2n) is 5.06. The lowest BCUT2D eigenvalue weighted by atomic mass is 10.1. The van der Waals surface area contributed by atoms with Gasteiger partial charge in [0.1, 0.15) is 5.35 Å². The standard InChI is InChI=1S/C15H18N4O2/c1-5-6-19-8-16-11(13(19)9(2)3)7-12-15(21)17-10(4)14(20)18-12/h5,7-9H,1,4,6H2,2-3H3,(H,17,21)(H,18,20). The van der Waals surface area contributed by atoms with Crippen molar-refractivity contribution in [1.29, 1.82) is 0 Å². The Labute approximate surface area is 121 Å². The smallest absolute Gasteiger partial charge is 0.272 e. The van der Waals surface area contributed by atoms with Crippen LogP contribution in [0.25, 0.3) is 12.7 Å². The van der Waals surface area contributed by atoms with Crippen LogP contribution in [0.15, 0.2) is 28.6 Å². The van der Waals surface area contributed by atoms with Gasteiger partial charge >= 0.3 is 0 Å². The van der Waals surface area contributed by atoms with Crippen molar-refractivity contribution >= 4 is 12.7 Å². The third kappa shape index (κ3) is 2.94. The fraction of sp³-hybridized carbons (Fsp3) is 0.267. The van der Waals surface area contributed by atoms with Gasteiger partial charge in [-0.1, -0.05) is 26.5 Å². The molecule has 0 aliphatic carbocycles. The van der Waals surface area contributed by atoms with Crippen LogP contribution in [0.1, 0.15) is 31.2 Å². The number of aromatic amines is 2. The van der Waals surface area contributed by atoms with Crippen LogP contribution in [-0.2, 0) is 6.54 Å². The highest BCUT2D eigenvalue weighted by molar-refractivity contribution is 5.47. The summed E-state index contributed by atoms with van der Waals surface area (Å²) < 4.78 is 1.96. The van der Waals surface area contributed by atoms with Crippen LogP contribution < -0.4 is 21.8 Å². The van der Waals surface area contributed by atoms with E-state index in [1.54, 1.807) is 18.5 Å². The van der Waals surface area contributed by atoms with Crippen LogP contribution in [0.2, 0.25) is 0 Å². The van der Waals surface area contributed by atoms with Crippen LogP contribution >= 0.6 is 0 Å².